The van der Waals surface area contributed by atoms with Gasteiger partial charge in [0.05, 0.1) is 13.2 Å². The zero-order chi connectivity index (χ0) is 33.1. The molecule has 2 aliphatic rings. The highest BCUT2D eigenvalue weighted by molar-refractivity contribution is 5.89. The number of carbonyl (C=O) groups is 2. The van der Waals surface area contributed by atoms with Crippen molar-refractivity contribution in [2.24, 2.45) is 0 Å². The number of hydrogen-bond donors (Lipinski definition) is 2. The molecule has 2 aliphatic heterocycles. The summed E-state index contributed by atoms with van der Waals surface area (Å²) in [6, 6.07) is 19.5. The van der Waals surface area contributed by atoms with Crippen molar-refractivity contribution in [3.63, 3.8) is 0 Å². The van der Waals surface area contributed by atoms with E-state index in [1.807, 2.05) is 44.2 Å². The van der Waals surface area contributed by atoms with E-state index < -0.39 is 5.79 Å². The monoisotopic (exact) mass is 647 g/mol. The van der Waals surface area contributed by atoms with Crippen molar-refractivity contribution in [2.45, 2.75) is 83.8 Å². The van der Waals surface area contributed by atoms with Crippen LogP contribution < -0.4 is 15.4 Å². The Hall–Kier alpha value is -4.15. The number of carbonyl (C=O) groups excluding carboxylic acids is 2. The zero-order valence-electron chi connectivity index (χ0n) is 27.4. The molecule has 1 atom stereocenters. The van der Waals surface area contributed by atoms with Crippen LogP contribution in [0.3, 0.4) is 0 Å². The van der Waals surface area contributed by atoms with Crippen LogP contribution in [0.15, 0.2) is 66.7 Å². The summed E-state index contributed by atoms with van der Waals surface area (Å²) >= 11 is 0. The number of urea groups is 1. The van der Waals surface area contributed by atoms with Gasteiger partial charge in [0, 0.05) is 51.4 Å². The van der Waals surface area contributed by atoms with Gasteiger partial charge in [-0.05, 0) is 85.2 Å². The minimum Gasteiger partial charge on any atom is -0.463 e. The summed E-state index contributed by atoms with van der Waals surface area (Å²) in [5.74, 6) is -0.161. The minimum absolute atomic E-state index is 0.251. The fraction of sp³-hybridized carbons (Fsp3) is 0.459. The molecule has 5 rings (SSSR count). The molecule has 0 aliphatic carbocycles. The number of fused-ring (bicyclic) bond motifs is 1. The Morgan fingerprint density at radius 1 is 0.957 bits per heavy atom. The molecule has 1 saturated heterocycles. The minimum atomic E-state index is -0.634. The van der Waals surface area contributed by atoms with Crippen molar-refractivity contribution in [3.05, 3.63) is 94.8 Å². The van der Waals surface area contributed by atoms with Crippen LogP contribution >= 0.6 is 0 Å². The Kier molecular flexibility index (Phi) is 12.1. The SMILES string of the molecule is CC1(C)OCc2cc(C3CN(CCCCCCOCCCCc4cccc(CNC(=O)Nc5ccc(F)cc5)c4)C(=O)O3)ccc2O1. The highest BCUT2D eigenvalue weighted by Crippen LogP contribution is 2.35. The Labute approximate surface area is 276 Å². The molecule has 1 unspecified atom stereocenters. The van der Waals surface area contributed by atoms with Gasteiger partial charge in [0.15, 0.2) is 0 Å². The normalized spacial score (nSPS) is 16.7. The molecule has 47 heavy (non-hydrogen) atoms. The maximum atomic E-state index is 13.0. The number of nitrogens with one attached hydrogen (secondary N) is 2. The van der Waals surface area contributed by atoms with E-state index in [1.54, 1.807) is 4.90 Å². The lowest BCUT2D eigenvalue weighted by Crippen LogP contribution is -2.35. The van der Waals surface area contributed by atoms with Gasteiger partial charge in [-0.2, -0.15) is 0 Å². The van der Waals surface area contributed by atoms with Crippen LogP contribution in [0.5, 0.6) is 5.75 Å². The van der Waals surface area contributed by atoms with Crippen LogP contribution in [0.4, 0.5) is 19.7 Å². The third kappa shape index (κ3) is 10.7. The smallest absolute Gasteiger partial charge is 0.410 e. The number of hydrogen-bond acceptors (Lipinski definition) is 6. The van der Waals surface area contributed by atoms with Crippen molar-refractivity contribution >= 4 is 17.8 Å². The summed E-state index contributed by atoms with van der Waals surface area (Å²) in [6.07, 6.45) is 6.50. The van der Waals surface area contributed by atoms with Crippen LogP contribution in [0, 0.1) is 5.82 Å². The third-order valence-electron chi connectivity index (χ3n) is 8.29. The van der Waals surface area contributed by atoms with E-state index in [2.05, 4.69) is 22.8 Å². The fourth-order valence-corrected chi connectivity index (χ4v) is 5.70. The van der Waals surface area contributed by atoms with Crippen LogP contribution in [0.1, 0.15) is 80.7 Å². The predicted molar refractivity (Wildman–Crippen MR) is 178 cm³/mol. The number of aryl methyl sites for hydroxylation is 1. The van der Waals surface area contributed by atoms with Gasteiger partial charge in [0.2, 0.25) is 5.79 Å². The summed E-state index contributed by atoms with van der Waals surface area (Å²) < 4.78 is 36.2. The summed E-state index contributed by atoms with van der Waals surface area (Å²) in [6.45, 7) is 7.42. The third-order valence-corrected chi connectivity index (χ3v) is 8.29. The molecule has 3 aromatic rings. The van der Waals surface area contributed by atoms with E-state index in [-0.39, 0.29) is 24.0 Å². The number of rotatable bonds is 16. The first kappa shape index (κ1) is 34.2. The van der Waals surface area contributed by atoms with Crippen LogP contribution in [-0.2, 0) is 33.8 Å². The van der Waals surface area contributed by atoms with Gasteiger partial charge >= 0.3 is 12.1 Å². The van der Waals surface area contributed by atoms with Crippen molar-refractivity contribution in [2.75, 3.05) is 31.6 Å². The summed E-state index contributed by atoms with van der Waals surface area (Å²) in [7, 11) is 0. The van der Waals surface area contributed by atoms with E-state index in [4.69, 9.17) is 18.9 Å². The first-order valence-electron chi connectivity index (χ1n) is 16.6. The Balaban J connectivity index is 0.876. The number of halogens is 1. The first-order valence-corrected chi connectivity index (χ1v) is 16.6. The van der Waals surface area contributed by atoms with Gasteiger partial charge in [0.25, 0.3) is 0 Å². The van der Waals surface area contributed by atoms with Gasteiger partial charge in [-0.25, -0.2) is 14.0 Å². The van der Waals surface area contributed by atoms with E-state index in [0.29, 0.717) is 31.9 Å². The zero-order valence-corrected chi connectivity index (χ0v) is 27.4. The number of nitrogens with zero attached hydrogens (tertiary/aromatic N) is 1. The molecule has 10 heteroatoms. The largest absolute Gasteiger partial charge is 0.463 e. The van der Waals surface area contributed by atoms with Gasteiger partial charge in [-0.3, -0.25) is 0 Å². The van der Waals surface area contributed by atoms with E-state index in [0.717, 1.165) is 80.6 Å². The number of anilines is 1. The molecule has 0 spiro atoms. The Bertz CT molecular complexity index is 1480. The summed E-state index contributed by atoms with van der Waals surface area (Å²) in [5, 5.41) is 5.54. The molecule has 3 aromatic carbocycles. The average Bonchev–Trinajstić information content (AvgIpc) is 3.43. The molecule has 0 radical (unpaired) electrons. The molecule has 2 heterocycles. The number of benzene rings is 3. The topological polar surface area (TPSA) is 98.4 Å². The maximum absolute atomic E-state index is 13.0. The predicted octanol–water partition coefficient (Wildman–Crippen LogP) is 7.89. The lowest BCUT2D eigenvalue weighted by Gasteiger charge is -2.32. The molecule has 1 fully saturated rings. The standard InChI is InChI=1S/C37H46FN3O6/c1-37(2)45-26-30-23-29(13-18-33(30)47-37)34-25-41(36(43)46-34)19-6-3-4-7-20-44-21-8-5-10-27-11-9-12-28(22-27)24-39-35(42)40-32-16-14-31(38)15-17-32/h9,11-18,22-23,34H,3-8,10,19-21,24-26H2,1-2H3,(H2,39,40,42). The molecule has 9 nitrogen and oxygen atoms in total. The maximum Gasteiger partial charge on any atom is 0.410 e. The quantitative estimate of drug-likeness (QED) is 0.154. The number of amides is 3. The van der Waals surface area contributed by atoms with Crippen molar-refractivity contribution in [1.82, 2.24) is 10.2 Å². The second-order valence-corrected chi connectivity index (χ2v) is 12.6. The Morgan fingerprint density at radius 3 is 2.55 bits per heavy atom. The fourth-order valence-electron chi connectivity index (χ4n) is 5.70. The average molecular weight is 648 g/mol. The highest BCUT2D eigenvalue weighted by atomic mass is 19.1. The van der Waals surface area contributed by atoms with E-state index in [9.17, 15) is 14.0 Å². The molecule has 0 aromatic heterocycles. The van der Waals surface area contributed by atoms with Crippen molar-refractivity contribution in [1.29, 1.82) is 0 Å². The molecule has 0 bridgehead atoms. The number of ether oxygens (including phenoxy) is 4. The molecular formula is C37H46FN3O6. The molecule has 252 valence electrons. The number of unbranched alkanes of at least 4 members (excludes halogenated alkanes) is 4. The highest BCUT2D eigenvalue weighted by Gasteiger charge is 2.33. The van der Waals surface area contributed by atoms with Gasteiger partial charge in [-0.15, -0.1) is 0 Å². The van der Waals surface area contributed by atoms with E-state index in [1.165, 1.54) is 29.8 Å². The second-order valence-electron chi connectivity index (χ2n) is 12.6. The van der Waals surface area contributed by atoms with Crippen molar-refractivity contribution < 1.29 is 32.9 Å². The lowest BCUT2D eigenvalue weighted by atomic mass is 10.0. The van der Waals surface area contributed by atoms with E-state index >= 15 is 0 Å². The molecule has 0 saturated carbocycles. The summed E-state index contributed by atoms with van der Waals surface area (Å²) in [4.78, 5) is 26.4. The van der Waals surface area contributed by atoms with Crippen LogP contribution in [0.2, 0.25) is 0 Å². The Morgan fingerprint density at radius 2 is 1.72 bits per heavy atom. The van der Waals surface area contributed by atoms with Crippen LogP contribution in [0.25, 0.3) is 0 Å². The van der Waals surface area contributed by atoms with Crippen LogP contribution in [-0.4, -0.2) is 49.1 Å². The molecule has 3 amide bonds. The first-order chi connectivity index (χ1) is 22.7. The number of cyclic esters (lactones) is 1. The van der Waals surface area contributed by atoms with Crippen molar-refractivity contribution in [3.8, 4) is 5.75 Å². The van der Waals surface area contributed by atoms with Gasteiger partial charge in [0.1, 0.15) is 17.7 Å². The summed E-state index contributed by atoms with van der Waals surface area (Å²) in [5.41, 5.74) is 4.74. The molecular weight excluding hydrogens is 601 g/mol. The second kappa shape index (κ2) is 16.6. The van der Waals surface area contributed by atoms with Gasteiger partial charge < -0.3 is 34.5 Å². The van der Waals surface area contributed by atoms with Gasteiger partial charge in [-0.1, -0.05) is 43.2 Å². The molecule has 2 N–H and O–H groups in total. The lowest BCUT2D eigenvalue weighted by molar-refractivity contribution is -0.180.